The molecule has 31 heavy (non-hydrogen) atoms. The molecule has 0 saturated carbocycles. The molecule has 0 radical (unpaired) electrons. The van der Waals surface area contributed by atoms with E-state index in [0.717, 1.165) is 48.2 Å². The number of furan rings is 1. The van der Waals surface area contributed by atoms with Crippen LogP contribution in [0.3, 0.4) is 0 Å². The molecule has 0 aliphatic carbocycles. The highest BCUT2D eigenvalue weighted by Crippen LogP contribution is 2.34. The maximum absolute atomic E-state index is 12.9. The van der Waals surface area contributed by atoms with Gasteiger partial charge in [0.2, 0.25) is 5.82 Å². The number of nitrogens with one attached hydrogen (secondary N) is 1. The zero-order chi connectivity index (χ0) is 21.2. The summed E-state index contributed by atoms with van der Waals surface area (Å²) < 4.78 is 11.5. The first-order chi connectivity index (χ1) is 15.2. The minimum absolute atomic E-state index is 0.159. The Kier molecular flexibility index (Phi) is 5.16. The Hall–Kier alpha value is -3.61. The predicted molar refractivity (Wildman–Crippen MR) is 120 cm³/mol. The molecule has 1 saturated heterocycles. The minimum Gasteiger partial charge on any atom is -0.494 e. The number of rotatable bonds is 6. The summed E-state index contributed by atoms with van der Waals surface area (Å²) in [5.41, 5.74) is 3.05. The van der Waals surface area contributed by atoms with Gasteiger partial charge in [0.1, 0.15) is 16.8 Å². The molecule has 3 heterocycles. The highest BCUT2D eigenvalue weighted by atomic mass is 16.5. The summed E-state index contributed by atoms with van der Waals surface area (Å²) in [5.74, 6) is 1.37. The molecular weight excluding hydrogens is 392 g/mol. The Morgan fingerprint density at radius 3 is 2.65 bits per heavy atom. The number of fused-ring (bicyclic) bond motifs is 3. The second kappa shape index (κ2) is 8.26. The summed E-state index contributed by atoms with van der Waals surface area (Å²) in [6.07, 6.45) is 2.20. The standard InChI is InChI=1S/C24H24N4O3/c1-2-30-17-11-9-16(10-12-17)15-25-24(29)22-26-20-18-7-3-4-8-19(18)31-21(20)23(27-22)28-13-5-6-14-28/h3-4,7-12H,2,5-6,13-15H2,1H3,(H,25,29). The summed E-state index contributed by atoms with van der Waals surface area (Å²) in [4.78, 5) is 24.3. The Morgan fingerprint density at radius 1 is 1.10 bits per heavy atom. The zero-order valence-corrected chi connectivity index (χ0v) is 17.4. The number of amides is 1. The highest BCUT2D eigenvalue weighted by molar-refractivity contribution is 6.07. The van der Waals surface area contributed by atoms with Gasteiger partial charge in [-0.25, -0.2) is 9.97 Å². The van der Waals surface area contributed by atoms with Crippen molar-refractivity contribution < 1.29 is 13.9 Å². The van der Waals surface area contributed by atoms with Crippen molar-refractivity contribution in [1.82, 2.24) is 15.3 Å². The molecule has 1 amide bonds. The third-order valence-electron chi connectivity index (χ3n) is 5.50. The van der Waals surface area contributed by atoms with Gasteiger partial charge in [-0.15, -0.1) is 0 Å². The monoisotopic (exact) mass is 416 g/mol. The molecule has 1 aliphatic rings. The van der Waals surface area contributed by atoms with Crippen molar-refractivity contribution in [3.63, 3.8) is 0 Å². The molecule has 2 aromatic heterocycles. The quantitative estimate of drug-likeness (QED) is 0.505. The van der Waals surface area contributed by atoms with E-state index < -0.39 is 0 Å². The number of nitrogens with zero attached hydrogens (tertiary/aromatic N) is 3. The molecule has 5 rings (SSSR count). The Bertz CT molecular complexity index is 1230. The largest absolute Gasteiger partial charge is 0.494 e. The minimum atomic E-state index is -0.304. The van der Waals surface area contributed by atoms with E-state index in [-0.39, 0.29) is 11.7 Å². The molecule has 158 valence electrons. The van der Waals surface area contributed by atoms with Crippen LogP contribution < -0.4 is 15.0 Å². The van der Waals surface area contributed by atoms with Crippen molar-refractivity contribution in [3.8, 4) is 5.75 Å². The topological polar surface area (TPSA) is 80.5 Å². The van der Waals surface area contributed by atoms with Gasteiger partial charge in [0.25, 0.3) is 5.91 Å². The van der Waals surface area contributed by atoms with Crippen LogP contribution >= 0.6 is 0 Å². The van der Waals surface area contributed by atoms with E-state index in [4.69, 9.17) is 9.15 Å². The smallest absolute Gasteiger partial charge is 0.289 e. The Morgan fingerprint density at radius 2 is 1.87 bits per heavy atom. The van der Waals surface area contributed by atoms with E-state index in [9.17, 15) is 4.79 Å². The van der Waals surface area contributed by atoms with Crippen molar-refractivity contribution >= 4 is 33.8 Å². The zero-order valence-electron chi connectivity index (χ0n) is 17.4. The van der Waals surface area contributed by atoms with Gasteiger partial charge in [-0.3, -0.25) is 4.79 Å². The number of hydrogen-bond donors (Lipinski definition) is 1. The van der Waals surface area contributed by atoms with Crippen LogP contribution in [-0.2, 0) is 6.54 Å². The summed E-state index contributed by atoms with van der Waals surface area (Å²) in [6, 6.07) is 15.4. The lowest BCUT2D eigenvalue weighted by Crippen LogP contribution is -2.27. The molecule has 4 aromatic rings. The van der Waals surface area contributed by atoms with Crippen LogP contribution in [0, 0.1) is 0 Å². The molecule has 0 spiro atoms. The van der Waals surface area contributed by atoms with Gasteiger partial charge < -0.3 is 19.4 Å². The van der Waals surface area contributed by atoms with E-state index in [2.05, 4.69) is 20.2 Å². The van der Waals surface area contributed by atoms with Crippen LogP contribution in [-0.4, -0.2) is 35.6 Å². The SMILES string of the molecule is CCOc1ccc(CNC(=O)c2nc(N3CCCC3)c3oc4ccccc4c3n2)cc1. The van der Waals surface area contributed by atoms with Gasteiger partial charge in [-0.05, 0) is 49.6 Å². The second-order valence-electron chi connectivity index (χ2n) is 7.60. The number of hydrogen-bond acceptors (Lipinski definition) is 6. The Labute approximate surface area is 180 Å². The van der Waals surface area contributed by atoms with E-state index >= 15 is 0 Å². The van der Waals surface area contributed by atoms with Crippen LogP contribution in [0.2, 0.25) is 0 Å². The summed E-state index contributed by atoms with van der Waals surface area (Å²) >= 11 is 0. The molecule has 0 unspecified atom stereocenters. The van der Waals surface area contributed by atoms with E-state index in [1.54, 1.807) is 0 Å². The number of carbonyl (C=O) groups is 1. The van der Waals surface area contributed by atoms with Gasteiger partial charge in [0.15, 0.2) is 11.4 Å². The lowest BCUT2D eigenvalue weighted by Gasteiger charge is -2.17. The fourth-order valence-corrected chi connectivity index (χ4v) is 3.95. The van der Waals surface area contributed by atoms with Crippen LogP contribution in [0.25, 0.3) is 22.1 Å². The van der Waals surface area contributed by atoms with Gasteiger partial charge in [-0.1, -0.05) is 24.3 Å². The molecule has 0 atom stereocenters. The summed E-state index contributed by atoms with van der Waals surface area (Å²) in [5, 5.41) is 3.83. The number of aromatic nitrogens is 2. The second-order valence-corrected chi connectivity index (χ2v) is 7.60. The molecule has 7 nitrogen and oxygen atoms in total. The average molecular weight is 416 g/mol. The van der Waals surface area contributed by atoms with Gasteiger partial charge in [0.05, 0.1) is 6.61 Å². The first-order valence-corrected chi connectivity index (χ1v) is 10.7. The van der Waals surface area contributed by atoms with Crippen LogP contribution in [0.15, 0.2) is 52.9 Å². The summed E-state index contributed by atoms with van der Waals surface area (Å²) in [6.45, 7) is 4.76. The number of anilines is 1. The first-order valence-electron chi connectivity index (χ1n) is 10.7. The normalized spacial score (nSPS) is 13.8. The average Bonchev–Trinajstić information content (AvgIpc) is 3.46. The predicted octanol–water partition coefficient (Wildman–Crippen LogP) is 4.30. The third kappa shape index (κ3) is 3.79. The van der Waals surface area contributed by atoms with E-state index in [1.165, 1.54) is 0 Å². The van der Waals surface area contributed by atoms with Crippen LogP contribution in [0.1, 0.15) is 35.9 Å². The van der Waals surface area contributed by atoms with Crippen molar-refractivity contribution in [2.45, 2.75) is 26.3 Å². The highest BCUT2D eigenvalue weighted by Gasteiger charge is 2.24. The van der Waals surface area contributed by atoms with E-state index in [0.29, 0.717) is 30.1 Å². The first kappa shape index (κ1) is 19.4. The van der Waals surface area contributed by atoms with Gasteiger partial charge in [0, 0.05) is 25.0 Å². The number of para-hydroxylation sites is 1. The fourth-order valence-electron chi connectivity index (χ4n) is 3.95. The van der Waals surface area contributed by atoms with Gasteiger partial charge in [-0.2, -0.15) is 0 Å². The molecule has 1 aliphatic heterocycles. The maximum atomic E-state index is 12.9. The number of ether oxygens (including phenoxy) is 1. The molecule has 1 fully saturated rings. The number of carbonyl (C=O) groups excluding carboxylic acids is 1. The van der Waals surface area contributed by atoms with Crippen molar-refractivity contribution in [3.05, 3.63) is 59.9 Å². The lowest BCUT2D eigenvalue weighted by molar-refractivity contribution is 0.0941. The van der Waals surface area contributed by atoms with Crippen molar-refractivity contribution in [2.75, 3.05) is 24.6 Å². The third-order valence-corrected chi connectivity index (χ3v) is 5.50. The van der Waals surface area contributed by atoms with Crippen molar-refractivity contribution in [1.29, 1.82) is 0 Å². The maximum Gasteiger partial charge on any atom is 0.289 e. The molecular formula is C24H24N4O3. The number of benzene rings is 2. The molecule has 1 N–H and O–H groups in total. The van der Waals surface area contributed by atoms with Crippen LogP contribution in [0.5, 0.6) is 5.75 Å². The molecule has 7 heteroatoms. The van der Waals surface area contributed by atoms with Crippen LogP contribution in [0.4, 0.5) is 5.82 Å². The molecule has 2 aromatic carbocycles. The van der Waals surface area contributed by atoms with E-state index in [1.807, 2.05) is 55.5 Å². The van der Waals surface area contributed by atoms with Crippen molar-refractivity contribution in [2.24, 2.45) is 0 Å². The Balaban J connectivity index is 1.45. The van der Waals surface area contributed by atoms with Gasteiger partial charge >= 0.3 is 0 Å². The molecule has 0 bridgehead atoms. The lowest BCUT2D eigenvalue weighted by atomic mass is 10.2. The summed E-state index contributed by atoms with van der Waals surface area (Å²) in [7, 11) is 0. The fraction of sp³-hybridized carbons (Fsp3) is 0.292.